The molecule has 17 heavy (non-hydrogen) atoms. The molecular formula is C12H17N3OS. The molecule has 0 amide bonds. The van der Waals surface area contributed by atoms with Gasteiger partial charge in [0.05, 0.1) is 21.6 Å². The van der Waals surface area contributed by atoms with E-state index >= 15 is 0 Å². The Labute approximate surface area is 104 Å². The predicted molar refractivity (Wildman–Crippen MR) is 73.4 cm³/mol. The summed E-state index contributed by atoms with van der Waals surface area (Å²) < 4.78 is 1.09. The molecule has 1 heterocycles. The van der Waals surface area contributed by atoms with E-state index < -0.39 is 0 Å². The van der Waals surface area contributed by atoms with E-state index in [4.69, 9.17) is 10.8 Å². The molecular weight excluding hydrogens is 234 g/mol. The summed E-state index contributed by atoms with van der Waals surface area (Å²) in [4.78, 5) is 4.26. The van der Waals surface area contributed by atoms with Gasteiger partial charge in [0.15, 0.2) is 0 Å². The summed E-state index contributed by atoms with van der Waals surface area (Å²) in [6, 6.07) is 4.15. The predicted octanol–water partition coefficient (Wildman–Crippen LogP) is 2.31. The minimum Gasteiger partial charge on any atom is -0.396 e. The number of fused-ring (bicyclic) bond motifs is 1. The van der Waals surface area contributed by atoms with Gasteiger partial charge in [0, 0.05) is 12.6 Å². The van der Waals surface area contributed by atoms with E-state index in [0.717, 1.165) is 15.9 Å². The van der Waals surface area contributed by atoms with Crippen LogP contribution in [0.2, 0.25) is 0 Å². The fourth-order valence-corrected chi connectivity index (χ4v) is 2.32. The Morgan fingerprint density at radius 1 is 1.47 bits per heavy atom. The van der Waals surface area contributed by atoms with Crippen LogP contribution in [0.15, 0.2) is 17.6 Å². The molecule has 0 fully saturated rings. The van der Waals surface area contributed by atoms with E-state index in [1.54, 1.807) is 16.8 Å². The van der Waals surface area contributed by atoms with Crippen molar-refractivity contribution in [2.75, 3.05) is 17.7 Å². The molecule has 1 aromatic heterocycles. The second kappa shape index (κ2) is 4.89. The smallest absolute Gasteiger partial charge is 0.106 e. The number of nitrogens with two attached hydrogens (primary N) is 1. The number of aliphatic hydroxyl groups is 1. The minimum atomic E-state index is 0.160. The second-order valence-electron chi connectivity index (χ2n) is 4.32. The van der Waals surface area contributed by atoms with Crippen molar-refractivity contribution in [3.63, 3.8) is 0 Å². The van der Waals surface area contributed by atoms with Crippen molar-refractivity contribution in [2.24, 2.45) is 5.92 Å². The SMILES string of the molecule is CC(CO)C(C)Nc1ccc2scnc2c1N. The number of thiazole rings is 1. The minimum absolute atomic E-state index is 0.160. The third-order valence-electron chi connectivity index (χ3n) is 3.07. The zero-order valence-electron chi connectivity index (χ0n) is 9.97. The first kappa shape index (κ1) is 12.1. The van der Waals surface area contributed by atoms with Crippen LogP contribution in [0.3, 0.4) is 0 Å². The molecule has 0 saturated heterocycles. The Bertz CT molecular complexity index is 511. The van der Waals surface area contributed by atoms with E-state index in [9.17, 15) is 0 Å². The third kappa shape index (κ3) is 2.35. The molecule has 0 aliphatic heterocycles. The van der Waals surface area contributed by atoms with Gasteiger partial charge in [-0.3, -0.25) is 0 Å². The molecule has 0 saturated carbocycles. The summed E-state index contributed by atoms with van der Waals surface area (Å²) in [7, 11) is 0. The highest BCUT2D eigenvalue weighted by atomic mass is 32.1. The molecule has 0 bridgehead atoms. The van der Waals surface area contributed by atoms with Crippen LogP contribution in [-0.4, -0.2) is 22.7 Å². The van der Waals surface area contributed by atoms with Crippen LogP contribution in [0.1, 0.15) is 13.8 Å². The van der Waals surface area contributed by atoms with Gasteiger partial charge in [-0.25, -0.2) is 4.98 Å². The molecule has 4 N–H and O–H groups in total. The van der Waals surface area contributed by atoms with Gasteiger partial charge in [0.25, 0.3) is 0 Å². The number of hydrogen-bond donors (Lipinski definition) is 3. The standard InChI is InChI=1S/C12H17N3OS/c1-7(5-16)8(2)15-9-3-4-10-12(11(9)13)14-6-17-10/h3-4,6-8,15-16H,5,13H2,1-2H3. The Hall–Kier alpha value is -1.33. The van der Waals surface area contributed by atoms with Crippen molar-refractivity contribution in [1.29, 1.82) is 0 Å². The number of nitrogens with zero attached hydrogens (tertiary/aromatic N) is 1. The first-order valence-electron chi connectivity index (χ1n) is 5.62. The summed E-state index contributed by atoms with van der Waals surface area (Å²) >= 11 is 1.58. The highest BCUT2D eigenvalue weighted by molar-refractivity contribution is 7.16. The van der Waals surface area contributed by atoms with Crippen LogP contribution < -0.4 is 11.1 Å². The average molecular weight is 251 g/mol. The molecule has 2 atom stereocenters. The molecule has 2 aromatic rings. The van der Waals surface area contributed by atoms with Gasteiger partial charge >= 0.3 is 0 Å². The number of rotatable bonds is 4. The molecule has 92 valence electrons. The normalized spacial score (nSPS) is 14.8. The van der Waals surface area contributed by atoms with Crippen molar-refractivity contribution in [1.82, 2.24) is 4.98 Å². The lowest BCUT2D eigenvalue weighted by atomic mass is 10.0. The Kier molecular flexibility index (Phi) is 3.49. The van der Waals surface area contributed by atoms with Crippen LogP contribution >= 0.6 is 11.3 Å². The number of anilines is 2. The van der Waals surface area contributed by atoms with Crippen LogP contribution in [0.25, 0.3) is 10.2 Å². The van der Waals surface area contributed by atoms with E-state index in [-0.39, 0.29) is 18.6 Å². The third-order valence-corrected chi connectivity index (χ3v) is 3.86. The fraction of sp³-hybridized carbons (Fsp3) is 0.417. The van der Waals surface area contributed by atoms with Crippen molar-refractivity contribution in [3.05, 3.63) is 17.6 Å². The van der Waals surface area contributed by atoms with Crippen molar-refractivity contribution in [3.8, 4) is 0 Å². The lowest BCUT2D eigenvalue weighted by molar-refractivity contribution is 0.226. The zero-order chi connectivity index (χ0) is 12.4. The molecule has 0 aliphatic carbocycles. The molecule has 0 aliphatic rings. The fourth-order valence-electron chi connectivity index (χ4n) is 1.62. The van der Waals surface area contributed by atoms with Crippen molar-refractivity contribution in [2.45, 2.75) is 19.9 Å². The maximum absolute atomic E-state index is 9.11. The summed E-state index contributed by atoms with van der Waals surface area (Å²) in [5.74, 6) is 0.181. The quantitative estimate of drug-likeness (QED) is 0.729. The molecule has 0 spiro atoms. The monoisotopic (exact) mass is 251 g/mol. The number of hydrogen-bond acceptors (Lipinski definition) is 5. The molecule has 2 rings (SSSR count). The summed E-state index contributed by atoms with van der Waals surface area (Å²) in [5, 5.41) is 12.4. The maximum Gasteiger partial charge on any atom is 0.106 e. The summed E-state index contributed by atoms with van der Waals surface area (Å²) in [6.07, 6.45) is 0. The Morgan fingerprint density at radius 2 is 2.24 bits per heavy atom. The molecule has 0 radical (unpaired) electrons. The van der Waals surface area contributed by atoms with Crippen LogP contribution in [0.4, 0.5) is 11.4 Å². The number of nitrogens with one attached hydrogen (secondary N) is 1. The lowest BCUT2D eigenvalue weighted by Gasteiger charge is -2.21. The molecule has 1 aromatic carbocycles. The molecule has 2 unspecified atom stereocenters. The van der Waals surface area contributed by atoms with E-state index in [1.807, 2.05) is 26.0 Å². The molecule has 4 nitrogen and oxygen atoms in total. The summed E-state index contributed by atoms with van der Waals surface area (Å²) in [6.45, 7) is 4.19. The van der Waals surface area contributed by atoms with Gasteiger partial charge in [-0.2, -0.15) is 0 Å². The number of aromatic nitrogens is 1. The lowest BCUT2D eigenvalue weighted by Crippen LogP contribution is -2.26. The zero-order valence-corrected chi connectivity index (χ0v) is 10.8. The highest BCUT2D eigenvalue weighted by Gasteiger charge is 2.13. The number of benzene rings is 1. The van der Waals surface area contributed by atoms with Gasteiger partial charge in [0.1, 0.15) is 5.52 Å². The van der Waals surface area contributed by atoms with Gasteiger partial charge in [-0.05, 0) is 25.0 Å². The van der Waals surface area contributed by atoms with Crippen molar-refractivity contribution < 1.29 is 5.11 Å². The van der Waals surface area contributed by atoms with Gasteiger partial charge in [-0.1, -0.05) is 6.92 Å². The number of aliphatic hydroxyl groups excluding tert-OH is 1. The maximum atomic E-state index is 9.11. The van der Waals surface area contributed by atoms with Crippen LogP contribution in [0, 0.1) is 5.92 Å². The second-order valence-corrected chi connectivity index (χ2v) is 5.21. The number of nitrogen functional groups attached to an aromatic ring is 1. The highest BCUT2D eigenvalue weighted by Crippen LogP contribution is 2.30. The van der Waals surface area contributed by atoms with Gasteiger partial charge in [0.2, 0.25) is 0 Å². The van der Waals surface area contributed by atoms with E-state index in [2.05, 4.69) is 10.3 Å². The Balaban J connectivity index is 2.27. The average Bonchev–Trinajstić information content (AvgIpc) is 2.80. The van der Waals surface area contributed by atoms with Crippen LogP contribution in [0.5, 0.6) is 0 Å². The van der Waals surface area contributed by atoms with Gasteiger partial charge in [-0.15, -0.1) is 11.3 Å². The Morgan fingerprint density at radius 3 is 2.94 bits per heavy atom. The largest absolute Gasteiger partial charge is 0.396 e. The van der Waals surface area contributed by atoms with E-state index in [1.165, 1.54) is 0 Å². The topological polar surface area (TPSA) is 71.2 Å². The van der Waals surface area contributed by atoms with Crippen LogP contribution in [-0.2, 0) is 0 Å². The molecule has 5 heteroatoms. The first-order chi connectivity index (χ1) is 8.13. The van der Waals surface area contributed by atoms with Crippen molar-refractivity contribution >= 4 is 32.9 Å². The van der Waals surface area contributed by atoms with E-state index in [0.29, 0.717) is 5.69 Å². The summed E-state index contributed by atoms with van der Waals surface area (Å²) in [5.41, 5.74) is 10.3. The first-order valence-corrected chi connectivity index (χ1v) is 6.50. The van der Waals surface area contributed by atoms with Gasteiger partial charge < -0.3 is 16.2 Å².